The van der Waals surface area contributed by atoms with Gasteiger partial charge in [0.05, 0.1) is 11.4 Å². The van der Waals surface area contributed by atoms with Crippen LogP contribution in [0.5, 0.6) is 0 Å². The van der Waals surface area contributed by atoms with Crippen LogP contribution < -0.4 is 5.32 Å². The van der Waals surface area contributed by atoms with Gasteiger partial charge in [-0.15, -0.1) is 0 Å². The summed E-state index contributed by atoms with van der Waals surface area (Å²) in [4.78, 5) is 26.6. The molecule has 0 saturated carbocycles. The number of carbonyl (C=O) groups excluding carboxylic acids is 2. The number of fused-ring (bicyclic) bond motifs is 1. The molecule has 0 aromatic heterocycles. The molecule has 2 amide bonds. The third kappa shape index (κ3) is 4.98. The van der Waals surface area contributed by atoms with E-state index in [1.807, 2.05) is 12.1 Å². The zero-order valence-corrected chi connectivity index (χ0v) is 19.3. The molecule has 1 aliphatic heterocycles. The third-order valence-corrected chi connectivity index (χ3v) is 8.17. The molecule has 0 radical (unpaired) electrons. The van der Waals surface area contributed by atoms with E-state index in [1.165, 1.54) is 15.9 Å². The second-order valence-corrected chi connectivity index (χ2v) is 10.5. The van der Waals surface area contributed by atoms with Crippen LogP contribution in [-0.2, 0) is 27.7 Å². The van der Waals surface area contributed by atoms with Gasteiger partial charge < -0.3 is 10.2 Å². The Morgan fingerprint density at radius 3 is 2.38 bits per heavy atom. The van der Waals surface area contributed by atoms with Crippen molar-refractivity contribution in [2.45, 2.75) is 30.6 Å². The molecule has 0 atom stereocenters. The Bertz CT molecular complexity index is 1130. The highest BCUT2D eigenvalue weighted by molar-refractivity contribution is 7.89. The summed E-state index contributed by atoms with van der Waals surface area (Å²) in [5, 5.41) is 3.04. The minimum absolute atomic E-state index is 0.150. The van der Waals surface area contributed by atoms with Gasteiger partial charge in [-0.3, -0.25) is 9.59 Å². The van der Waals surface area contributed by atoms with Crippen molar-refractivity contribution in [3.63, 3.8) is 0 Å². The highest BCUT2D eigenvalue weighted by Crippen LogP contribution is 2.26. The van der Waals surface area contributed by atoms with Crippen LogP contribution in [-0.4, -0.2) is 62.2 Å². The maximum Gasteiger partial charge on any atom is 0.251 e. The lowest BCUT2D eigenvalue weighted by Crippen LogP contribution is -2.52. The molecule has 32 heavy (non-hydrogen) atoms. The van der Waals surface area contributed by atoms with Crippen LogP contribution >= 0.6 is 11.6 Å². The molecule has 1 fully saturated rings. The lowest BCUT2D eigenvalue weighted by atomic mass is 9.92. The monoisotopic (exact) mass is 475 g/mol. The maximum absolute atomic E-state index is 13.1. The molecule has 9 heteroatoms. The fraction of sp³-hybridized carbons (Fsp3) is 0.391. The molecule has 4 rings (SSSR count). The summed E-state index contributed by atoms with van der Waals surface area (Å²) in [6, 6.07) is 11.9. The number of hydrogen-bond acceptors (Lipinski definition) is 4. The Balaban J connectivity index is 1.32. The molecule has 2 aromatic rings. The van der Waals surface area contributed by atoms with Crippen molar-refractivity contribution in [2.75, 3.05) is 32.7 Å². The average molecular weight is 476 g/mol. The quantitative estimate of drug-likeness (QED) is 0.719. The van der Waals surface area contributed by atoms with Crippen molar-refractivity contribution < 1.29 is 18.0 Å². The highest BCUT2D eigenvalue weighted by Gasteiger charge is 2.30. The molecule has 1 aliphatic carbocycles. The summed E-state index contributed by atoms with van der Waals surface area (Å²) in [5.41, 5.74) is 2.75. The second kappa shape index (κ2) is 9.60. The average Bonchev–Trinajstić information content (AvgIpc) is 2.82. The van der Waals surface area contributed by atoms with Crippen molar-refractivity contribution >= 4 is 33.4 Å². The summed E-state index contributed by atoms with van der Waals surface area (Å²) >= 11 is 5.89. The number of rotatable bonds is 5. The largest absolute Gasteiger partial charge is 0.343 e. The van der Waals surface area contributed by atoms with Crippen molar-refractivity contribution in [3.05, 3.63) is 64.2 Å². The number of halogens is 1. The molecule has 2 aromatic carbocycles. The molecule has 0 bridgehead atoms. The maximum atomic E-state index is 13.1. The van der Waals surface area contributed by atoms with E-state index < -0.39 is 10.0 Å². The van der Waals surface area contributed by atoms with E-state index in [0.717, 1.165) is 31.2 Å². The number of benzene rings is 2. The normalized spacial score (nSPS) is 17.0. The van der Waals surface area contributed by atoms with Gasteiger partial charge in [-0.05, 0) is 67.1 Å². The van der Waals surface area contributed by atoms with Gasteiger partial charge in [-0.1, -0.05) is 23.7 Å². The van der Waals surface area contributed by atoms with Gasteiger partial charge in [-0.2, -0.15) is 4.31 Å². The van der Waals surface area contributed by atoms with Gasteiger partial charge in [0.15, 0.2) is 0 Å². The van der Waals surface area contributed by atoms with Crippen LogP contribution in [0.2, 0.25) is 5.02 Å². The summed E-state index contributed by atoms with van der Waals surface area (Å²) in [6.07, 6.45) is 4.16. The van der Waals surface area contributed by atoms with Crippen LogP contribution in [0.1, 0.15) is 34.3 Å². The van der Waals surface area contributed by atoms with Crippen LogP contribution in [0.25, 0.3) is 0 Å². The topological polar surface area (TPSA) is 86.8 Å². The summed E-state index contributed by atoms with van der Waals surface area (Å²) in [7, 11) is -3.60. The first-order valence-corrected chi connectivity index (χ1v) is 12.6. The zero-order chi connectivity index (χ0) is 22.7. The fourth-order valence-electron chi connectivity index (χ4n) is 4.20. The summed E-state index contributed by atoms with van der Waals surface area (Å²) in [6.45, 7) is 0.885. The predicted molar refractivity (Wildman–Crippen MR) is 122 cm³/mol. The van der Waals surface area contributed by atoms with Crippen molar-refractivity contribution in [1.82, 2.24) is 14.5 Å². The van der Waals surface area contributed by atoms with E-state index in [0.29, 0.717) is 15.5 Å². The molecule has 2 aliphatic rings. The molecular weight excluding hydrogens is 450 g/mol. The van der Waals surface area contributed by atoms with Gasteiger partial charge in [0.2, 0.25) is 15.9 Å². The first-order chi connectivity index (χ1) is 15.3. The number of piperazine rings is 1. The zero-order valence-electron chi connectivity index (χ0n) is 17.7. The van der Waals surface area contributed by atoms with Crippen LogP contribution in [0.3, 0.4) is 0 Å². The lowest BCUT2D eigenvalue weighted by molar-refractivity contribution is -0.131. The van der Waals surface area contributed by atoms with E-state index in [9.17, 15) is 18.0 Å². The SMILES string of the molecule is O=C(NCC(=O)N1CCN(S(=O)(=O)c2ccc3c(c2)CCCC3)CC1)c1cccc(Cl)c1. The van der Waals surface area contributed by atoms with Crippen LogP contribution in [0, 0.1) is 0 Å². The number of nitrogens with zero attached hydrogens (tertiary/aromatic N) is 2. The van der Waals surface area contributed by atoms with E-state index in [-0.39, 0.29) is 44.5 Å². The number of nitrogens with one attached hydrogen (secondary N) is 1. The highest BCUT2D eigenvalue weighted by atomic mass is 35.5. The van der Waals surface area contributed by atoms with Gasteiger partial charge in [-0.25, -0.2) is 8.42 Å². The van der Waals surface area contributed by atoms with E-state index in [4.69, 9.17) is 11.6 Å². The van der Waals surface area contributed by atoms with E-state index in [1.54, 1.807) is 29.2 Å². The Morgan fingerprint density at radius 1 is 0.938 bits per heavy atom. The van der Waals surface area contributed by atoms with E-state index in [2.05, 4.69) is 5.32 Å². The standard InChI is InChI=1S/C23H26ClN3O4S/c24-20-7-3-6-19(14-20)23(29)25-16-22(28)26-10-12-27(13-11-26)32(30,31)21-9-8-17-4-1-2-5-18(17)15-21/h3,6-9,14-15H,1-2,4-5,10-13,16H2,(H,25,29). The molecule has 1 heterocycles. The first kappa shape index (κ1) is 22.8. The smallest absolute Gasteiger partial charge is 0.251 e. The lowest BCUT2D eigenvalue weighted by Gasteiger charge is -2.34. The molecule has 170 valence electrons. The van der Waals surface area contributed by atoms with Gasteiger partial charge in [0.1, 0.15) is 0 Å². The van der Waals surface area contributed by atoms with Gasteiger partial charge in [0.25, 0.3) is 5.91 Å². The molecular formula is C23H26ClN3O4S. The van der Waals surface area contributed by atoms with Crippen LogP contribution in [0.15, 0.2) is 47.4 Å². The number of aryl methyl sites for hydroxylation is 2. The Morgan fingerprint density at radius 2 is 1.66 bits per heavy atom. The van der Waals surface area contributed by atoms with Gasteiger partial charge in [0, 0.05) is 36.8 Å². The minimum Gasteiger partial charge on any atom is -0.343 e. The fourth-order valence-corrected chi connectivity index (χ4v) is 5.86. The molecule has 1 N–H and O–H groups in total. The summed E-state index contributed by atoms with van der Waals surface area (Å²) in [5.74, 6) is -0.624. The molecule has 1 saturated heterocycles. The number of carbonyl (C=O) groups is 2. The molecule has 0 unspecified atom stereocenters. The van der Waals surface area contributed by atoms with Crippen molar-refractivity contribution in [3.8, 4) is 0 Å². The van der Waals surface area contributed by atoms with Crippen molar-refractivity contribution in [2.24, 2.45) is 0 Å². The van der Waals surface area contributed by atoms with Crippen molar-refractivity contribution in [1.29, 1.82) is 0 Å². The number of amides is 2. The Labute approximate surface area is 193 Å². The summed E-state index contributed by atoms with van der Waals surface area (Å²) < 4.78 is 27.6. The third-order valence-electron chi connectivity index (χ3n) is 6.04. The first-order valence-electron chi connectivity index (χ1n) is 10.8. The number of hydrogen-bond donors (Lipinski definition) is 1. The second-order valence-electron chi connectivity index (χ2n) is 8.12. The predicted octanol–water partition coefficient (Wildman–Crippen LogP) is 2.48. The molecule has 7 nitrogen and oxygen atoms in total. The molecule has 0 spiro atoms. The number of sulfonamides is 1. The van der Waals surface area contributed by atoms with E-state index >= 15 is 0 Å². The van der Waals surface area contributed by atoms with Crippen LogP contribution in [0.4, 0.5) is 0 Å². The minimum atomic E-state index is -3.60. The Kier molecular flexibility index (Phi) is 6.83. The Hall–Kier alpha value is -2.42. The van der Waals surface area contributed by atoms with Gasteiger partial charge >= 0.3 is 0 Å².